The smallest absolute Gasteiger partial charge is 0.270 e. The topological polar surface area (TPSA) is 71.4 Å². The van der Waals surface area contributed by atoms with Gasteiger partial charge >= 0.3 is 0 Å². The van der Waals surface area contributed by atoms with Crippen LogP contribution in [0.15, 0.2) is 36.4 Å². The maximum absolute atomic E-state index is 13.0. The summed E-state index contributed by atoms with van der Waals surface area (Å²) < 4.78 is 1.71. The molecule has 0 bridgehead atoms. The summed E-state index contributed by atoms with van der Waals surface area (Å²) in [5.41, 5.74) is 5.51. The van der Waals surface area contributed by atoms with Gasteiger partial charge in [0, 0.05) is 26.6 Å². The van der Waals surface area contributed by atoms with E-state index in [0.29, 0.717) is 24.1 Å². The fourth-order valence-electron chi connectivity index (χ4n) is 4.15. The van der Waals surface area contributed by atoms with Crippen molar-refractivity contribution < 1.29 is 14.4 Å². The molecular formula is C21H21Br2N3O3. The number of imide groups is 1. The van der Waals surface area contributed by atoms with E-state index in [-0.39, 0.29) is 39.2 Å². The van der Waals surface area contributed by atoms with Crippen LogP contribution in [0.2, 0.25) is 0 Å². The van der Waals surface area contributed by atoms with Crippen molar-refractivity contribution in [3.8, 4) is 0 Å². The molecular weight excluding hydrogens is 502 g/mol. The van der Waals surface area contributed by atoms with Gasteiger partial charge in [0.2, 0.25) is 11.8 Å². The maximum atomic E-state index is 13.0. The lowest BCUT2D eigenvalue weighted by atomic mass is 9.81. The fraction of sp³-hybridized carbons (Fsp3) is 0.381. The Morgan fingerprint density at radius 1 is 0.966 bits per heavy atom. The van der Waals surface area contributed by atoms with E-state index in [0.717, 1.165) is 11.4 Å². The molecule has 2 aromatic rings. The normalized spacial score (nSPS) is 26.6. The first-order valence-electron chi connectivity index (χ1n) is 9.50. The van der Waals surface area contributed by atoms with Gasteiger partial charge in [-0.2, -0.15) is 0 Å². The highest BCUT2D eigenvalue weighted by Gasteiger charge is 2.52. The summed E-state index contributed by atoms with van der Waals surface area (Å²) >= 11 is 7.20. The Bertz CT molecular complexity index is 955. The molecule has 2 heterocycles. The third-order valence-electron chi connectivity index (χ3n) is 5.76. The third-order valence-corrected chi connectivity index (χ3v) is 8.50. The molecule has 1 saturated carbocycles. The van der Waals surface area contributed by atoms with Gasteiger partial charge in [-0.1, -0.05) is 37.9 Å². The molecule has 0 unspecified atom stereocenters. The van der Waals surface area contributed by atoms with E-state index in [4.69, 9.17) is 0 Å². The second kappa shape index (κ2) is 7.72. The number of anilines is 1. The number of nitrogens with one attached hydrogen (secondary N) is 1. The van der Waals surface area contributed by atoms with Crippen LogP contribution in [0.25, 0.3) is 0 Å². The Kier molecular flexibility index (Phi) is 5.42. The predicted octanol–water partition coefficient (Wildman–Crippen LogP) is 3.92. The van der Waals surface area contributed by atoms with E-state index in [2.05, 4.69) is 37.3 Å². The van der Waals surface area contributed by atoms with Crippen molar-refractivity contribution in [1.82, 2.24) is 4.68 Å². The van der Waals surface area contributed by atoms with E-state index in [1.807, 2.05) is 26.0 Å². The minimum atomic E-state index is -0.316. The van der Waals surface area contributed by atoms with Crippen LogP contribution in [-0.2, 0) is 9.59 Å². The SMILES string of the molecule is Cc1ccc(C)n1NC(=O)c1cccc(N2C(=O)[C@@H]3C[C@@H](Br)[C@@H](Br)C[C@H]3C2=O)c1. The van der Waals surface area contributed by atoms with Crippen LogP contribution in [0.1, 0.15) is 34.6 Å². The first-order valence-corrected chi connectivity index (χ1v) is 11.3. The number of amides is 3. The Morgan fingerprint density at radius 3 is 2.07 bits per heavy atom. The van der Waals surface area contributed by atoms with Gasteiger partial charge in [0.05, 0.1) is 17.5 Å². The zero-order valence-electron chi connectivity index (χ0n) is 16.1. The van der Waals surface area contributed by atoms with Crippen LogP contribution < -0.4 is 10.3 Å². The first-order chi connectivity index (χ1) is 13.8. The van der Waals surface area contributed by atoms with Gasteiger partial charge in [-0.15, -0.1) is 0 Å². The molecule has 0 spiro atoms. The monoisotopic (exact) mass is 521 g/mol. The van der Waals surface area contributed by atoms with E-state index in [1.54, 1.807) is 28.9 Å². The number of halogens is 2. The molecule has 29 heavy (non-hydrogen) atoms. The molecule has 2 fully saturated rings. The zero-order chi connectivity index (χ0) is 20.9. The van der Waals surface area contributed by atoms with Gasteiger partial charge in [0.25, 0.3) is 5.91 Å². The molecule has 4 atom stereocenters. The van der Waals surface area contributed by atoms with Crippen LogP contribution in [-0.4, -0.2) is 32.1 Å². The van der Waals surface area contributed by atoms with E-state index in [9.17, 15) is 14.4 Å². The number of carbonyl (C=O) groups excluding carboxylic acids is 3. The number of benzene rings is 1. The van der Waals surface area contributed by atoms with E-state index in [1.165, 1.54) is 4.90 Å². The highest BCUT2D eigenvalue weighted by molar-refractivity contribution is 9.12. The standard InChI is InChI=1S/C21H21Br2N3O3/c1-11-6-7-12(2)26(11)24-19(27)13-4-3-5-14(8-13)25-20(28)15-9-17(22)18(23)10-16(15)21(25)29/h3-8,15-18H,9-10H2,1-2H3,(H,24,27)/t15-,16-,17-,18+/m1/s1. The van der Waals surface area contributed by atoms with Gasteiger partial charge in [0.15, 0.2) is 0 Å². The minimum Gasteiger partial charge on any atom is -0.274 e. The lowest BCUT2D eigenvalue weighted by Gasteiger charge is -2.29. The molecule has 1 aromatic carbocycles. The first kappa shape index (κ1) is 20.3. The van der Waals surface area contributed by atoms with Crippen molar-refractivity contribution in [3.63, 3.8) is 0 Å². The van der Waals surface area contributed by atoms with Crippen LogP contribution in [0.5, 0.6) is 0 Å². The Hall–Kier alpha value is -1.93. The fourth-order valence-corrected chi connectivity index (χ4v) is 5.38. The zero-order valence-corrected chi connectivity index (χ0v) is 19.2. The van der Waals surface area contributed by atoms with Crippen LogP contribution in [0.4, 0.5) is 5.69 Å². The Balaban J connectivity index is 1.59. The van der Waals surface area contributed by atoms with Gasteiger partial charge in [-0.25, -0.2) is 0 Å². The summed E-state index contributed by atoms with van der Waals surface area (Å²) in [4.78, 5) is 40.3. The van der Waals surface area contributed by atoms with Crippen molar-refractivity contribution in [1.29, 1.82) is 0 Å². The highest BCUT2D eigenvalue weighted by atomic mass is 79.9. The van der Waals surface area contributed by atoms with Gasteiger partial charge in [-0.05, 0) is 57.0 Å². The second-order valence-corrected chi connectivity index (χ2v) is 10.0. The number of alkyl halides is 2. The van der Waals surface area contributed by atoms with Crippen molar-refractivity contribution in [2.24, 2.45) is 11.8 Å². The highest BCUT2D eigenvalue weighted by Crippen LogP contribution is 2.44. The summed E-state index contributed by atoms with van der Waals surface area (Å²) in [6, 6.07) is 10.5. The molecule has 4 rings (SSSR count). The number of rotatable bonds is 3. The number of carbonyl (C=O) groups is 3. The molecule has 1 aromatic heterocycles. The van der Waals surface area contributed by atoms with Crippen molar-refractivity contribution in [3.05, 3.63) is 53.3 Å². The lowest BCUT2D eigenvalue weighted by Crippen LogP contribution is -2.34. The summed E-state index contributed by atoms with van der Waals surface area (Å²) in [5.74, 6) is -1.30. The molecule has 1 aliphatic carbocycles. The third kappa shape index (κ3) is 3.57. The Morgan fingerprint density at radius 2 is 1.52 bits per heavy atom. The molecule has 152 valence electrons. The molecule has 6 nitrogen and oxygen atoms in total. The molecule has 1 saturated heterocycles. The summed E-state index contributed by atoms with van der Waals surface area (Å²) in [5, 5.41) is 0. The van der Waals surface area contributed by atoms with Crippen LogP contribution >= 0.6 is 31.9 Å². The average Bonchev–Trinajstić information content (AvgIpc) is 3.13. The quantitative estimate of drug-likeness (QED) is 0.490. The van der Waals surface area contributed by atoms with Crippen molar-refractivity contribution >= 4 is 55.3 Å². The molecule has 2 aliphatic rings. The number of aromatic nitrogens is 1. The second-order valence-electron chi connectivity index (χ2n) is 7.67. The molecule has 0 radical (unpaired) electrons. The Labute approximate surface area is 185 Å². The number of hydrogen-bond acceptors (Lipinski definition) is 3. The summed E-state index contributed by atoms with van der Waals surface area (Å²) in [7, 11) is 0. The maximum Gasteiger partial charge on any atom is 0.270 e. The van der Waals surface area contributed by atoms with Gasteiger partial charge < -0.3 is 0 Å². The summed E-state index contributed by atoms with van der Waals surface area (Å²) in [6.45, 7) is 3.81. The number of nitrogens with zero attached hydrogens (tertiary/aromatic N) is 2. The molecule has 3 amide bonds. The van der Waals surface area contributed by atoms with Gasteiger partial charge in [-0.3, -0.25) is 29.4 Å². The minimum absolute atomic E-state index is 0.158. The molecule has 1 N–H and O–H groups in total. The summed E-state index contributed by atoms with van der Waals surface area (Å²) in [6.07, 6.45) is 1.24. The largest absolute Gasteiger partial charge is 0.274 e. The van der Waals surface area contributed by atoms with Crippen molar-refractivity contribution in [2.75, 3.05) is 10.3 Å². The molecule has 8 heteroatoms. The number of aryl methyl sites for hydroxylation is 2. The molecule has 1 aliphatic heterocycles. The lowest BCUT2D eigenvalue weighted by molar-refractivity contribution is -0.122. The number of hydrogen-bond donors (Lipinski definition) is 1. The van der Waals surface area contributed by atoms with Gasteiger partial charge in [0.1, 0.15) is 0 Å². The average molecular weight is 523 g/mol. The predicted molar refractivity (Wildman–Crippen MR) is 118 cm³/mol. The van der Waals surface area contributed by atoms with Crippen molar-refractivity contribution in [2.45, 2.75) is 36.3 Å². The van der Waals surface area contributed by atoms with E-state index >= 15 is 0 Å². The van der Waals surface area contributed by atoms with Crippen LogP contribution in [0.3, 0.4) is 0 Å². The number of fused-ring (bicyclic) bond motifs is 1. The van der Waals surface area contributed by atoms with Crippen LogP contribution in [0, 0.1) is 25.7 Å². The van der Waals surface area contributed by atoms with E-state index < -0.39 is 0 Å².